The summed E-state index contributed by atoms with van der Waals surface area (Å²) < 4.78 is 2.28. The summed E-state index contributed by atoms with van der Waals surface area (Å²) in [6.45, 7) is 3.12. The molecular weight excluding hydrogens is 434 g/mol. The summed E-state index contributed by atoms with van der Waals surface area (Å²) in [7, 11) is 0. The highest BCUT2D eigenvalue weighted by Crippen LogP contribution is 2.24. The minimum absolute atomic E-state index is 0.0407. The molecule has 0 radical (unpaired) electrons. The van der Waals surface area contributed by atoms with Crippen molar-refractivity contribution in [3.8, 4) is 0 Å². The molecule has 1 N–H and O–H groups in total. The number of carbonyl (C=O) groups excluding carboxylic acids is 1. The Bertz CT molecular complexity index is 1240. The van der Waals surface area contributed by atoms with Crippen molar-refractivity contribution < 1.29 is 4.79 Å². The van der Waals surface area contributed by atoms with Crippen LogP contribution in [-0.4, -0.2) is 38.4 Å². The Morgan fingerprint density at radius 3 is 2.64 bits per heavy atom. The number of imidazole rings is 1. The fourth-order valence-electron chi connectivity index (χ4n) is 4.49. The minimum atomic E-state index is -0.0407. The number of aromatic nitrogens is 3. The van der Waals surface area contributed by atoms with Gasteiger partial charge in [0.1, 0.15) is 5.82 Å². The van der Waals surface area contributed by atoms with Gasteiger partial charge in [0.05, 0.1) is 23.5 Å². The number of carbonyl (C=O) groups is 1. The number of nitrogens with one attached hydrogen (secondary N) is 1. The minimum Gasteiger partial charge on any atom is -0.326 e. The standard InChI is InChI=1S/C26H26ClN5O/c27-21-9-7-19(8-10-21)16-32-24-6-2-1-5-23(24)30-25(32)18-31-15-3-4-20(17-31)26(33)29-22-11-13-28-14-12-22/h1-2,5-14,20H,3-4,15-18H2,(H,28,29,33)/t20-/m1/s1. The van der Waals surface area contributed by atoms with Gasteiger partial charge in [-0.15, -0.1) is 0 Å². The van der Waals surface area contributed by atoms with Crippen LogP contribution in [0.5, 0.6) is 0 Å². The number of piperidine rings is 1. The molecule has 0 aliphatic carbocycles. The number of halogens is 1. The molecule has 5 rings (SSSR count). The van der Waals surface area contributed by atoms with Crippen molar-refractivity contribution in [3.05, 3.63) is 89.5 Å². The molecule has 2 aromatic carbocycles. The Morgan fingerprint density at radius 2 is 1.82 bits per heavy atom. The van der Waals surface area contributed by atoms with Crippen LogP contribution < -0.4 is 5.32 Å². The number of hydrogen-bond donors (Lipinski definition) is 1. The lowest BCUT2D eigenvalue weighted by Gasteiger charge is -2.31. The monoisotopic (exact) mass is 459 g/mol. The van der Waals surface area contributed by atoms with Crippen LogP contribution in [0.3, 0.4) is 0 Å². The van der Waals surface area contributed by atoms with Gasteiger partial charge in [0.2, 0.25) is 5.91 Å². The van der Waals surface area contributed by atoms with Crippen molar-refractivity contribution in [1.29, 1.82) is 0 Å². The molecule has 1 amide bonds. The average molecular weight is 460 g/mol. The number of hydrogen-bond acceptors (Lipinski definition) is 4. The van der Waals surface area contributed by atoms with Gasteiger partial charge in [-0.1, -0.05) is 35.9 Å². The van der Waals surface area contributed by atoms with Gasteiger partial charge >= 0.3 is 0 Å². The highest BCUT2D eigenvalue weighted by Gasteiger charge is 2.27. The van der Waals surface area contributed by atoms with Crippen LogP contribution in [-0.2, 0) is 17.9 Å². The molecule has 1 fully saturated rings. The third kappa shape index (κ3) is 5.07. The Balaban J connectivity index is 1.34. The van der Waals surface area contributed by atoms with E-state index in [-0.39, 0.29) is 11.8 Å². The second-order valence-corrected chi connectivity index (χ2v) is 8.97. The van der Waals surface area contributed by atoms with E-state index in [0.717, 1.165) is 60.0 Å². The largest absolute Gasteiger partial charge is 0.326 e. The predicted molar refractivity (Wildman–Crippen MR) is 131 cm³/mol. The molecule has 168 valence electrons. The number of benzene rings is 2. The number of amides is 1. The van der Waals surface area contributed by atoms with E-state index in [2.05, 4.69) is 44.0 Å². The number of para-hydroxylation sites is 2. The van der Waals surface area contributed by atoms with Gasteiger partial charge in [0, 0.05) is 36.2 Å². The van der Waals surface area contributed by atoms with Gasteiger partial charge in [0.15, 0.2) is 0 Å². The lowest BCUT2D eigenvalue weighted by Crippen LogP contribution is -2.40. The van der Waals surface area contributed by atoms with E-state index >= 15 is 0 Å². The van der Waals surface area contributed by atoms with Crippen LogP contribution >= 0.6 is 11.6 Å². The Kier molecular flexibility index (Phi) is 6.37. The number of rotatable bonds is 6. The highest BCUT2D eigenvalue weighted by molar-refractivity contribution is 6.30. The van der Waals surface area contributed by atoms with Gasteiger partial charge in [-0.3, -0.25) is 14.7 Å². The molecule has 4 aromatic rings. The van der Waals surface area contributed by atoms with E-state index in [1.807, 2.05) is 36.4 Å². The van der Waals surface area contributed by atoms with Crippen molar-refractivity contribution in [1.82, 2.24) is 19.4 Å². The summed E-state index contributed by atoms with van der Waals surface area (Å²) in [5.74, 6) is 1.04. The first-order valence-corrected chi connectivity index (χ1v) is 11.7. The highest BCUT2D eigenvalue weighted by atomic mass is 35.5. The maximum atomic E-state index is 12.9. The normalized spacial score (nSPS) is 16.7. The van der Waals surface area contributed by atoms with Crippen molar-refractivity contribution in [2.45, 2.75) is 25.9 Å². The summed E-state index contributed by atoms with van der Waals surface area (Å²) in [6.07, 6.45) is 5.27. The van der Waals surface area contributed by atoms with E-state index in [4.69, 9.17) is 16.6 Å². The van der Waals surface area contributed by atoms with Crippen LogP contribution in [0.4, 0.5) is 5.69 Å². The summed E-state index contributed by atoms with van der Waals surface area (Å²) in [6, 6.07) is 19.8. The van der Waals surface area contributed by atoms with E-state index in [0.29, 0.717) is 6.54 Å². The third-order valence-corrected chi connectivity index (χ3v) is 6.43. The molecule has 3 heterocycles. The van der Waals surface area contributed by atoms with Crippen LogP contribution in [0.25, 0.3) is 11.0 Å². The lowest BCUT2D eigenvalue weighted by atomic mass is 9.97. The molecule has 33 heavy (non-hydrogen) atoms. The van der Waals surface area contributed by atoms with Gasteiger partial charge in [-0.2, -0.15) is 0 Å². The lowest BCUT2D eigenvalue weighted by molar-refractivity contribution is -0.121. The number of nitrogens with zero attached hydrogens (tertiary/aromatic N) is 4. The topological polar surface area (TPSA) is 63.1 Å². The molecule has 0 unspecified atom stereocenters. The van der Waals surface area contributed by atoms with Gasteiger partial charge in [-0.05, 0) is 61.3 Å². The van der Waals surface area contributed by atoms with Crippen molar-refractivity contribution in [3.63, 3.8) is 0 Å². The van der Waals surface area contributed by atoms with E-state index in [9.17, 15) is 4.79 Å². The molecule has 0 bridgehead atoms. The maximum absolute atomic E-state index is 12.9. The molecular formula is C26H26ClN5O. The van der Waals surface area contributed by atoms with Crippen LogP contribution in [0.1, 0.15) is 24.2 Å². The molecule has 7 heteroatoms. The molecule has 6 nitrogen and oxygen atoms in total. The predicted octanol–water partition coefficient (Wildman–Crippen LogP) is 4.98. The Hall–Kier alpha value is -3.22. The number of anilines is 1. The second-order valence-electron chi connectivity index (χ2n) is 8.53. The SMILES string of the molecule is O=C(Nc1ccncc1)[C@@H]1CCCN(Cc2nc3ccccc3n2Cc2ccc(Cl)cc2)C1. The fourth-order valence-corrected chi connectivity index (χ4v) is 4.61. The second kappa shape index (κ2) is 9.73. The quantitative estimate of drug-likeness (QED) is 0.441. The van der Waals surface area contributed by atoms with E-state index < -0.39 is 0 Å². The Morgan fingerprint density at radius 1 is 1.03 bits per heavy atom. The summed E-state index contributed by atoms with van der Waals surface area (Å²) in [5, 5.41) is 3.76. The maximum Gasteiger partial charge on any atom is 0.228 e. The molecule has 0 spiro atoms. The zero-order chi connectivity index (χ0) is 22.6. The summed E-state index contributed by atoms with van der Waals surface area (Å²) >= 11 is 6.08. The van der Waals surface area contributed by atoms with E-state index in [1.165, 1.54) is 5.56 Å². The van der Waals surface area contributed by atoms with Crippen molar-refractivity contribution in [2.24, 2.45) is 5.92 Å². The molecule has 1 aliphatic rings. The van der Waals surface area contributed by atoms with Crippen molar-refractivity contribution >= 4 is 34.2 Å². The first-order chi connectivity index (χ1) is 16.2. The smallest absolute Gasteiger partial charge is 0.228 e. The Labute approximate surface area is 198 Å². The zero-order valence-corrected chi connectivity index (χ0v) is 19.1. The van der Waals surface area contributed by atoms with Gasteiger partial charge in [0.25, 0.3) is 0 Å². The van der Waals surface area contributed by atoms with Gasteiger partial charge < -0.3 is 9.88 Å². The summed E-state index contributed by atoms with van der Waals surface area (Å²) in [5.41, 5.74) is 4.07. The number of likely N-dealkylation sites (tertiary alicyclic amines) is 1. The third-order valence-electron chi connectivity index (χ3n) is 6.18. The number of fused-ring (bicyclic) bond motifs is 1. The first kappa shape index (κ1) is 21.6. The fraction of sp³-hybridized carbons (Fsp3) is 0.269. The van der Waals surface area contributed by atoms with Crippen molar-refractivity contribution in [2.75, 3.05) is 18.4 Å². The summed E-state index contributed by atoms with van der Waals surface area (Å²) in [4.78, 5) is 24.2. The first-order valence-electron chi connectivity index (χ1n) is 11.3. The molecule has 1 atom stereocenters. The van der Waals surface area contributed by atoms with Crippen LogP contribution in [0.15, 0.2) is 73.1 Å². The molecule has 1 aliphatic heterocycles. The van der Waals surface area contributed by atoms with Gasteiger partial charge in [-0.25, -0.2) is 4.98 Å². The van der Waals surface area contributed by atoms with E-state index in [1.54, 1.807) is 12.4 Å². The number of pyridine rings is 1. The molecule has 1 saturated heterocycles. The van der Waals surface area contributed by atoms with Crippen LogP contribution in [0, 0.1) is 5.92 Å². The molecule has 2 aromatic heterocycles. The molecule has 0 saturated carbocycles. The average Bonchev–Trinajstić information content (AvgIpc) is 3.18. The van der Waals surface area contributed by atoms with Crippen LogP contribution in [0.2, 0.25) is 5.02 Å². The zero-order valence-electron chi connectivity index (χ0n) is 18.3.